The maximum Gasteiger partial charge on any atom is 0.191 e. The van der Waals surface area contributed by atoms with Gasteiger partial charge in [-0.25, -0.2) is 8.42 Å². The molecule has 0 radical (unpaired) electrons. The molecule has 0 saturated carbocycles. The van der Waals surface area contributed by atoms with E-state index in [1.165, 1.54) is 5.56 Å². The molecule has 0 N–H and O–H groups in total. The minimum Gasteiger partial charge on any atom is -0.494 e. The maximum atomic E-state index is 12.7. The van der Waals surface area contributed by atoms with Gasteiger partial charge in [-0.05, 0) is 44.0 Å². The lowest BCUT2D eigenvalue weighted by molar-refractivity contribution is 0.310. The van der Waals surface area contributed by atoms with E-state index in [0.717, 1.165) is 24.3 Å². The largest absolute Gasteiger partial charge is 0.494 e. The highest BCUT2D eigenvalue weighted by Crippen LogP contribution is 2.22. The molecular formula is C23H27N3O3S2. The predicted molar refractivity (Wildman–Crippen MR) is 124 cm³/mol. The van der Waals surface area contributed by atoms with E-state index in [2.05, 4.69) is 23.7 Å². The van der Waals surface area contributed by atoms with Crippen LogP contribution in [0.3, 0.4) is 0 Å². The Morgan fingerprint density at radius 2 is 1.81 bits per heavy atom. The van der Waals surface area contributed by atoms with Crippen molar-refractivity contribution in [3.63, 3.8) is 0 Å². The molecule has 0 spiro atoms. The molecule has 2 aromatic carbocycles. The average molecular weight is 458 g/mol. The topological polar surface area (TPSA) is 74.1 Å². The highest BCUT2D eigenvalue weighted by molar-refractivity contribution is 7.99. The van der Waals surface area contributed by atoms with E-state index in [4.69, 9.17) is 4.74 Å². The van der Waals surface area contributed by atoms with Crippen molar-refractivity contribution in [3.05, 3.63) is 78.6 Å². The Bertz CT molecular complexity index is 1080. The number of aromatic nitrogens is 3. The molecule has 1 heterocycles. The van der Waals surface area contributed by atoms with Crippen LogP contribution in [0.4, 0.5) is 0 Å². The molecule has 0 aliphatic rings. The minimum absolute atomic E-state index is 0.192. The van der Waals surface area contributed by atoms with E-state index < -0.39 is 9.84 Å². The van der Waals surface area contributed by atoms with E-state index in [1.807, 2.05) is 28.8 Å². The summed E-state index contributed by atoms with van der Waals surface area (Å²) in [5, 5.41) is 9.07. The van der Waals surface area contributed by atoms with E-state index in [0.29, 0.717) is 24.1 Å². The average Bonchev–Trinajstić information content (AvgIpc) is 3.13. The Labute approximate surface area is 188 Å². The molecule has 0 fully saturated rings. The van der Waals surface area contributed by atoms with Crippen molar-refractivity contribution in [2.75, 3.05) is 12.4 Å². The van der Waals surface area contributed by atoms with Gasteiger partial charge in [0.2, 0.25) is 0 Å². The fourth-order valence-corrected chi connectivity index (χ4v) is 5.18. The number of nitrogens with zero attached hydrogens (tertiary/aromatic N) is 3. The van der Waals surface area contributed by atoms with Gasteiger partial charge in [0, 0.05) is 12.3 Å². The van der Waals surface area contributed by atoms with Crippen molar-refractivity contribution < 1.29 is 13.2 Å². The number of sulfone groups is 1. The zero-order valence-corrected chi connectivity index (χ0v) is 19.2. The Morgan fingerprint density at radius 1 is 1.06 bits per heavy atom. The van der Waals surface area contributed by atoms with Crippen molar-refractivity contribution in [1.29, 1.82) is 0 Å². The number of hydrogen-bond acceptors (Lipinski definition) is 6. The first-order chi connectivity index (χ1) is 15.0. The van der Waals surface area contributed by atoms with Gasteiger partial charge in [-0.2, -0.15) is 0 Å². The van der Waals surface area contributed by atoms with Crippen LogP contribution in [0.15, 0.2) is 77.3 Å². The third kappa shape index (κ3) is 6.70. The molecule has 1 aromatic heterocycles. The van der Waals surface area contributed by atoms with Crippen LogP contribution in [0, 0.1) is 6.92 Å². The first-order valence-corrected chi connectivity index (χ1v) is 12.8. The van der Waals surface area contributed by atoms with Gasteiger partial charge < -0.3 is 9.30 Å². The third-order valence-corrected chi connectivity index (χ3v) is 7.27. The first kappa shape index (κ1) is 23.1. The van der Waals surface area contributed by atoms with Gasteiger partial charge in [0.15, 0.2) is 15.0 Å². The van der Waals surface area contributed by atoms with Crippen molar-refractivity contribution in [1.82, 2.24) is 14.8 Å². The van der Waals surface area contributed by atoms with Crippen LogP contribution in [0.5, 0.6) is 5.75 Å². The van der Waals surface area contributed by atoms with E-state index in [9.17, 15) is 8.42 Å². The number of hydrogen-bond donors (Lipinski definition) is 0. The molecule has 31 heavy (non-hydrogen) atoms. The van der Waals surface area contributed by atoms with Gasteiger partial charge in [0.05, 0.1) is 11.5 Å². The lowest BCUT2D eigenvalue weighted by Crippen LogP contribution is -2.11. The molecule has 0 aliphatic heterocycles. The number of thioether (sulfide) groups is 1. The molecule has 0 atom stereocenters. The molecule has 0 aliphatic carbocycles. The Kier molecular flexibility index (Phi) is 8.31. The summed E-state index contributed by atoms with van der Waals surface area (Å²) < 4.78 is 33.0. The first-order valence-electron chi connectivity index (χ1n) is 10.1. The van der Waals surface area contributed by atoms with Crippen molar-refractivity contribution in [2.45, 2.75) is 42.1 Å². The number of aryl methyl sites for hydroxylation is 1. The van der Waals surface area contributed by atoms with Gasteiger partial charge in [0.1, 0.15) is 17.3 Å². The molecule has 164 valence electrons. The molecule has 0 amide bonds. The second-order valence-corrected chi connectivity index (χ2v) is 10.1. The third-order valence-electron chi connectivity index (χ3n) is 4.59. The van der Waals surface area contributed by atoms with E-state index >= 15 is 0 Å². The van der Waals surface area contributed by atoms with Gasteiger partial charge in [-0.1, -0.05) is 53.7 Å². The van der Waals surface area contributed by atoms with Gasteiger partial charge in [-0.3, -0.25) is 0 Å². The van der Waals surface area contributed by atoms with Crippen molar-refractivity contribution in [2.24, 2.45) is 0 Å². The van der Waals surface area contributed by atoms with Crippen molar-refractivity contribution >= 4 is 21.6 Å². The highest BCUT2D eigenvalue weighted by Gasteiger charge is 2.21. The molecule has 3 aromatic rings. The summed E-state index contributed by atoms with van der Waals surface area (Å²) in [6.07, 6.45) is 3.60. The molecule has 0 bridgehead atoms. The fourth-order valence-electron chi connectivity index (χ4n) is 2.92. The predicted octanol–water partition coefficient (Wildman–Crippen LogP) is 4.70. The number of ether oxygens (including phenoxy) is 1. The summed E-state index contributed by atoms with van der Waals surface area (Å²) >= 11 is 1.57. The monoisotopic (exact) mass is 457 g/mol. The second-order valence-electron chi connectivity index (χ2n) is 7.09. The van der Waals surface area contributed by atoms with Crippen molar-refractivity contribution in [3.8, 4) is 5.75 Å². The number of allylic oxidation sites excluding steroid dienone is 1. The standard InChI is InChI=1S/C23H27N3O3S2/c1-3-15-26-22(18-31(27,28)21-9-5-4-6-10-21)24-25-23(26)30-17-8-7-16-29-20-13-11-19(2)12-14-20/h3-6,9-14H,1,7-8,15-18H2,2H3. The summed E-state index contributed by atoms with van der Waals surface area (Å²) in [7, 11) is -3.49. The lowest BCUT2D eigenvalue weighted by atomic mass is 10.2. The zero-order chi connectivity index (χ0) is 22.1. The number of unbranched alkanes of at least 4 members (excludes halogenated alkanes) is 1. The van der Waals surface area contributed by atoms with E-state index in [1.54, 1.807) is 48.2 Å². The molecule has 3 rings (SSSR count). The molecule has 6 nitrogen and oxygen atoms in total. The van der Waals surface area contributed by atoms with Gasteiger partial charge in [0.25, 0.3) is 0 Å². The zero-order valence-electron chi connectivity index (χ0n) is 17.6. The van der Waals surface area contributed by atoms with Crippen LogP contribution in [0.25, 0.3) is 0 Å². The summed E-state index contributed by atoms with van der Waals surface area (Å²) in [4.78, 5) is 0.283. The molecular weight excluding hydrogens is 430 g/mol. The fraction of sp³-hybridized carbons (Fsp3) is 0.304. The Morgan fingerprint density at radius 3 is 2.52 bits per heavy atom. The smallest absolute Gasteiger partial charge is 0.191 e. The lowest BCUT2D eigenvalue weighted by Gasteiger charge is -2.09. The molecule has 8 heteroatoms. The van der Waals surface area contributed by atoms with Crippen LogP contribution in [-0.2, 0) is 22.1 Å². The second kappa shape index (κ2) is 11.2. The molecule has 0 unspecified atom stereocenters. The van der Waals surface area contributed by atoms with Crippen LogP contribution in [-0.4, -0.2) is 35.5 Å². The van der Waals surface area contributed by atoms with E-state index in [-0.39, 0.29) is 10.6 Å². The summed E-state index contributed by atoms with van der Waals surface area (Å²) in [6, 6.07) is 16.4. The number of benzene rings is 2. The van der Waals surface area contributed by atoms with Gasteiger partial charge in [-0.15, -0.1) is 16.8 Å². The summed E-state index contributed by atoms with van der Waals surface area (Å²) in [5.41, 5.74) is 1.21. The quantitative estimate of drug-likeness (QED) is 0.223. The summed E-state index contributed by atoms with van der Waals surface area (Å²) in [5.74, 6) is 1.96. The minimum atomic E-state index is -3.49. The highest BCUT2D eigenvalue weighted by atomic mass is 32.2. The SMILES string of the molecule is C=CCn1c(CS(=O)(=O)c2ccccc2)nnc1SCCCCOc1ccc(C)cc1. The normalized spacial score (nSPS) is 11.4. The maximum absolute atomic E-state index is 12.7. The Hall–Kier alpha value is -2.58. The van der Waals surface area contributed by atoms with Crippen LogP contribution >= 0.6 is 11.8 Å². The van der Waals surface area contributed by atoms with Crippen LogP contribution < -0.4 is 4.74 Å². The van der Waals surface area contributed by atoms with Gasteiger partial charge >= 0.3 is 0 Å². The van der Waals surface area contributed by atoms with Crippen LogP contribution in [0.1, 0.15) is 24.2 Å². The number of rotatable bonds is 12. The molecule has 0 saturated heterocycles. The Balaban J connectivity index is 1.53. The summed E-state index contributed by atoms with van der Waals surface area (Å²) in [6.45, 7) is 6.95. The van der Waals surface area contributed by atoms with Crippen LogP contribution in [0.2, 0.25) is 0 Å².